The lowest BCUT2D eigenvalue weighted by atomic mass is 10.1. The highest BCUT2D eigenvalue weighted by Gasteiger charge is 2.39. The van der Waals surface area contributed by atoms with Crippen LogP contribution in [0.2, 0.25) is 5.02 Å². The number of hydrogen-bond acceptors (Lipinski definition) is 4. The number of halogens is 1. The van der Waals surface area contributed by atoms with E-state index in [0.717, 1.165) is 11.0 Å². The molecule has 1 heterocycles. The van der Waals surface area contributed by atoms with E-state index in [-0.39, 0.29) is 18.2 Å². The summed E-state index contributed by atoms with van der Waals surface area (Å²) in [6, 6.07) is 12.8. The Morgan fingerprint density at radius 1 is 1.19 bits per heavy atom. The van der Waals surface area contributed by atoms with Crippen molar-refractivity contribution in [2.75, 3.05) is 10.2 Å². The van der Waals surface area contributed by atoms with Gasteiger partial charge in [-0.25, -0.2) is 9.69 Å². The first-order valence-electron chi connectivity index (χ1n) is 7.84. The van der Waals surface area contributed by atoms with Gasteiger partial charge in [0.05, 0.1) is 12.1 Å². The van der Waals surface area contributed by atoms with E-state index >= 15 is 0 Å². The number of anilines is 2. The molecule has 0 saturated carbocycles. The summed E-state index contributed by atoms with van der Waals surface area (Å²) >= 11 is 5.94. The smallest absolute Gasteiger partial charge is 0.328 e. The molecule has 1 fully saturated rings. The summed E-state index contributed by atoms with van der Waals surface area (Å²) in [5, 5.41) is 12.2. The van der Waals surface area contributed by atoms with Crippen LogP contribution in [0.5, 0.6) is 0 Å². The van der Waals surface area contributed by atoms with Crippen LogP contribution in [0.4, 0.5) is 11.4 Å². The zero-order valence-corrected chi connectivity index (χ0v) is 14.3. The summed E-state index contributed by atoms with van der Waals surface area (Å²) in [6.45, 7) is 0. The lowest BCUT2D eigenvalue weighted by molar-refractivity contribution is -0.131. The van der Waals surface area contributed by atoms with Crippen molar-refractivity contribution < 1.29 is 19.5 Å². The summed E-state index contributed by atoms with van der Waals surface area (Å²) in [5.41, 5.74) is 1.73. The summed E-state index contributed by atoms with van der Waals surface area (Å²) in [7, 11) is 0. The molecule has 1 unspecified atom stereocenters. The molecule has 1 atom stereocenters. The monoisotopic (exact) mass is 370 g/mol. The first-order chi connectivity index (χ1) is 12.4. The number of nitrogens with one attached hydrogen (secondary N) is 1. The molecule has 0 aromatic heterocycles. The average Bonchev–Trinajstić information content (AvgIpc) is 2.87. The molecule has 1 saturated heterocycles. The number of carboxylic acids is 1. The van der Waals surface area contributed by atoms with Crippen LogP contribution in [-0.2, 0) is 14.4 Å². The van der Waals surface area contributed by atoms with Gasteiger partial charge in [0.15, 0.2) is 0 Å². The molecule has 0 bridgehead atoms. The number of nitrogens with zero attached hydrogens (tertiary/aromatic N) is 1. The van der Waals surface area contributed by atoms with Crippen LogP contribution in [0.1, 0.15) is 12.0 Å². The maximum Gasteiger partial charge on any atom is 0.328 e. The molecule has 6 nitrogen and oxygen atoms in total. The van der Waals surface area contributed by atoms with Gasteiger partial charge in [0.1, 0.15) is 6.04 Å². The first-order valence-corrected chi connectivity index (χ1v) is 8.22. The zero-order chi connectivity index (χ0) is 18.7. The molecule has 0 aliphatic carbocycles. The largest absolute Gasteiger partial charge is 0.478 e. The fourth-order valence-electron chi connectivity index (χ4n) is 2.73. The van der Waals surface area contributed by atoms with Crippen molar-refractivity contribution in [1.29, 1.82) is 0 Å². The third kappa shape index (κ3) is 3.92. The maximum atomic E-state index is 12.6. The molecule has 2 aromatic carbocycles. The Hall–Kier alpha value is -3.12. The lowest BCUT2D eigenvalue weighted by Crippen LogP contribution is -2.34. The Balaban J connectivity index is 1.77. The van der Waals surface area contributed by atoms with E-state index in [0.29, 0.717) is 22.0 Å². The Bertz CT molecular complexity index is 910. The summed E-state index contributed by atoms with van der Waals surface area (Å²) in [4.78, 5) is 36.7. The Morgan fingerprint density at radius 3 is 2.69 bits per heavy atom. The third-order valence-corrected chi connectivity index (χ3v) is 4.09. The van der Waals surface area contributed by atoms with Crippen LogP contribution in [-0.4, -0.2) is 28.9 Å². The van der Waals surface area contributed by atoms with Crippen molar-refractivity contribution in [2.45, 2.75) is 12.5 Å². The number of carboxylic acid groups (broad SMARTS) is 1. The molecule has 7 heteroatoms. The standard InChI is InChI=1S/C19H15ClN2O4/c20-13-4-2-6-15(10-13)22-17(23)11-16(19(22)26)21-14-5-1-3-12(9-14)7-8-18(24)25/h1-10,16,21H,11H2,(H,24,25)/b8-7+. The zero-order valence-electron chi connectivity index (χ0n) is 13.6. The highest BCUT2D eigenvalue weighted by Crippen LogP contribution is 2.27. The van der Waals surface area contributed by atoms with Crippen LogP contribution >= 0.6 is 11.6 Å². The lowest BCUT2D eigenvalue weighted by Gasteiger charge is -2.16. The number of amides is 2. The fraction of sp³-hybridized carbons (Fsp3) is 0.105. The summed E-state index contributed by atoms with van der Waals surface area (Å²) in [6.07, 6.45) is 2.51. The van der Waals surface area contributed by atoms with Gasteiger partial charge in [-0.2, -0.15) is 0 Å². The topological polar surface area (TPSA) is 86.7 Å². The van der Waals surface area contributed by atoms with Crippen molar-refractivity contribution >= 4 is 46.8 Å². The van der Waals surface area contributed by atoms with Gasteiger partial charge in [0, 0.05) is 16.8 Å². The molecule has 0 radical (unpaired) electrons. The van der Waals surface area contributed by atoms with E-state index in [1.54, 1.807) is 48.5 Å². The maximum absolute atomic E-state index is 12.6. The van der Waals surface area contributed by atoms with Gasteiger partial charge in [-0.1, -0.05) is 29.8 Å². The summed E-state index contributed by atoms with van der Waals surface area (Å²) in [5.74, 6) is -1.71. The van der Waals surface area contributed by atoms with Crippen LogP contribution in [0.3, 0.4) is 0 Å². The van der Waals surface area contributed by atoms with Gasteiger partial charge in [-0.3, -0.25) is 9.59 Å². The number of carbonyl (C=O) groups is 3. The molecule has 2 aromatic rings. The van der Waals surface area contributed by atoms with E-state index in [4.69, 9.17) is 16.7 Å². The van der Waals surface area contributed by atoms with Gasteiger partial charge < -0.3 is 10.4 Å². The van der Waals surface area contributed by atoms with Crippen LogP contribution in [0.25, 0.3) is 6.08 Å². The van der Waals surface area contributed by atoms with E-state index in [1.165, 1.54) is 6.08 Å². The molecule has 26 heavy (non-hydrogen) atoms. The van der Waals surface area contributed by atoms with Crippen LogP contribution < -0.4 is 10.2 Å². The first kappa shape index (κ1) is 17.7. The van der Waals surface area contributed by atoms with Gasteiger partial charge in [0.25, 0.3) is 5.91 Å². The summed E-state index contributed by atoms with van der Waals surface area (Å²) < 4.78 is 0. The van der Waals surface area contributed by atoms with Gasteiger partial charge in [-0.05, 0) is 42.0 Å². The molecule has 0 spiro atoms. The van der Waals surface area contributed by atoms with Gasteiger partial charge >= 0.3 is 5.97 Å². The van der Waals surface area contributed by atoms with E-state index in [9.17, 15) is 14.4 Å². The predicted molar refractivity (Wildman–Crippen MR) is 99.1 cm³/mol. The number of benzene rings is 2. The number of rotatable bonds is 5. The minimum absolute atomic E-state index is 0.0283. The quantitative estimate of drug-likeness (QED) is 0.623. The Kier molecular flexibility index (Phi) is 5.04. The van der Waals surface area contributed by atoms with Crippen LogP contribution in [0.15, 0.2) is 54.6 Å². The van der Waals surface area contributed by atoms with Crippen LogP contribution in [0, 0.1) is 0 Å². The number of hydrogen-bond donors (Lipinski definition) is 2. The third-order valence-electron chi connectivity index (χ3n) is 3.86. The molecular weight excluding hydrogens is 356 g/mol. The van der Waals surface area contributed by atoms with E-state index < -0.39 is 12.0 Å². The Morgan fingerprint density at radius 2 is 1.96 bits per heavy atom. The fourth-order valence-corrected chi connectivity index (χ4v) is 2.92. The second-order valence-corrected chi connectivity index (χ2v) is 6.18. The van der Waals surface area contributed by atoms with E-state index in [1.807, 2.05) is 0 Å². The molecule has 2 amide bonds. The molecule has 1 aliphatic heterocycles. The number of carbonyl (C=O) groups excluding carboxylic acids is 2. The second-order valence-electron chi connectivity index (χ2n) is 5.75. The molecule has 132 valence electrons. The average molecular weight is 371 g/mol. The van der Waals surface area contributed by atoms with Gasteiger partial charge in [-0.15, -0.1) is 0 Å². The van der Waals surface area contributed by atoms with Crippen molar-refractivity contribution in [3.63, 3.8) is 0 Å². The minimum Gasteiger partial charge on any atom is -0.478 e. The SMILES string of the molecule is O=C(O)/C=C/c1cccc(NC2CC(=O)N(c3cccc(Cl)c3)C2=O)c1. The molecule has 1 aliphatic rings. The van der Waals surface area contributed by atoms with Gasteiger partial charge in [0.2, 0.25) is 5.91 Å². The predicted octanol–water partition coefficient (Wildman–Crippen LogP) is 3.18. The van der Waals surface area contributed by atoms with Crippen molar-refractivity contribution in [3.05, 3.63) is 65.2 Å². The highest BCUT2D eigenvalue weighted by molar-refractivity contribution is 6.31. The number of imide groups is 1. The normalized spacial score (nSPS) is 17.1. The minimum atomic E-state index is -1.04. The second kappa shape index (κ2) is 7.41. The molecule has 3 rings (SSSR count). The Labute approximate surface area is 154 Å². The molecular formula is C19H15ClN2O4. The number of aliphatic carboxylic acids is 1. The van der Waals surface area contributed by atoms with E-state index in [2.05, 4.69) is 5.32 Å². The molecule has 2 N–H and O–H groups in total. The van der Waals surface area contributed by atoms with Crippen molar-refractivity contribution in [2.24, 2.45) is 0 Å². The van der Waals surface area contributed by atoms with Crippen molar-refractivity contribution in [3.8, 4) is 0 Å². The highest BCUT2D eigenvalue weighted by atomic mass is 35.5. The van der Waals surface area contributed by atoms with Crippen molar-refractivity contribution in [1.82, 2.24) is 0 Å².